The van der Waals surface area contributed by atoms with Gasteiger partial charge in [-0.2, -0.15) is 0 Å². The van der Waals surface area contributed by atoms with E-state index in [1.54, 1.807) is 18.4 Å². The number of H-pyrrole nitrogens is 1. The molecule has 0 aliphatic heterocycles. The topological polar surface area (TPSA) is 105 Å². The Hall–Kier alpha value is -1.16. The fourth-order valence-electron chi connectivity index (χ4n) is 1.61. The molecule has 4 N–H and O–H groups in total. The van der Waals surface area contributed by atoms with Gasteiger partial charge in [0.2, 0.25) is 10.0 Å². The summed E-state index contributed by atoms with van der Waals surface area (Å²) in [6.45, 7) is 1.71. The fraction of sp³-hybridized carbons (Fsp3) is 0.182. The minimum atomic E-state index is -3.69. The molecule has 9 heteroatoms. The third-order valence-electron chi connectivity index (χ3n) is 2.61. The van der Waals surface area contributed by atoms with Crippen LogP contribution in [-0.4, -0.2) is 13.4 Å². The first-order chi connectivity index (χ1) is 9.29. The SMILES string of the molecule is Cc1cc(Br)c(N)cc1S(=O)(=O)NCc1csc(=O)[nH]1. The van der Waals surface area contributed by atoms with Gasteiger partial charge in [-0.25, -0.2) is 13.1 Å². The van der Waals surface area contributed by atoms with E-state index in [1.807, 2.05) is 0 Å². The monoisotopic (exact) mass is 377 g/mol. The third-order valence-corrected chi connectivity index (χ3v) is 5.56. The highest BCUT2D eigenvalue weighted by molar-refractivity contribution is 9.10. The van der Waals surface area contributed by atoms with Crippen molar-refractivity contribution in [1.82, 2.24) is 9.71 Å². The first-order valence-electron chi connectivity index (χ1n) is 5.51. The van der Waals surface area contributed by atoms with Crippen molar-refractivity contribution in [3.63, 3.8) is 0 Å². The molecule has 6 nitrogen and oxygen atoms in total. The molecule has 20 heavy (non-hydrogen) atoms. The van der Waals surface area contributed by atoms with E-state index >= 15 is 0 Å². The highest BCUT2D eigenvalue weighted by Crippen LogP contribution is 2.26. The minimum absolute atomic E-state index is 0.0243. The number of rotatable bonds is 4. The average Bonchev–Trinajstić information content (AvgIpc) is 2.77. The number of thiazole rings is 1. The van der Waals surface area contributed by atoms with Gasteiger partial charge in [-0.3, -0.25) is 4.79 Å². The largest absolute Gasteiger partial charge is 0.398 e. The van der Waals surface area contributed by atoms with Crippen molar-refractivity contribution in [1.29, 1.82) is 0 Å². The Morgan fingerprint density at radius 2 is 2.15 bits per heavy atom. The standard InChI is InChI=1S/C11H12BrN3O3S2/c1-6-2-8(12)9(13)3-10(6)20(17,18)14-4-7-5-19-11(16)15-7/h2-3,5,14H,4,13H2,1H3,(H,15,16). The van der Waals surface area contributed by atoms with E-state index < -0.39 is 10.0 Å². The van der Waals surface area contributed by atoms with Crippen molar-refractivity contribution >= 4 is 43.0 Å². The van der Waals surface area contributed by atoms with Gasteiger partial charge in [0.25, 0.3) is 0 Å². The molecule has 0 radical (unpaired) electrons. The van der Waals surface area contributed by atoms with E-state index in [4.69, 9.17) is 5.73 Å². The number of nitrogen functional groups attached to an aromatic ring is 1. The van der Waals surface area contributed by atoms with Gasteiger partial charge in [-0.05, 0) is 40.5 Å². The first-order valence-corrected chi connectivity index (χ1v) is 8.67. The van der Waals surface area contributed by atoms with E-state index in [1.165, 1.54) is 6.07 Å². The Bertz CT molecular complexity index is 795. The minimum Gasteiger partial charge on any atom is -0.398 e. The molecule has 0 atom stereocenters. The number of hydrogen-bond donors (Lipinski definition) is 3. The second kappa shape index (κ2) is 5.68. The summed E-state index contributed by atoms with van der Waals surface area (Å²) in [6.07, 6.45) is 0. The van der Waals surface area contributed by atoms with Crippen LogP contribution in [0.5, 0.6) is 0 Å². The number of nitrogens with one attached hydrogen (secondary N) is 2. The van der Waals surface area contributed by atoms with Crippen LogP contribution in [0.2, 0.25) is 0 Å². The van der Waals surface area contributed by atoms with Crippen LogP contribution in [-0.2, 0) is 16.6 Å². The molecule has 0 spiro atoms. The van der Waals surface area contributed by atoms with Crippen LogP contribution in [0, 0.1) is 6.92 Å². The molecule has 0 saturated heterocycles. The zero-order chi connectivity index (χ0) is 14.9. The lowest BCUT2D eigenvalue weighted by molar-refractivity contribution is 0.580. The molecule has 0 fully saturated rings. The van der Waals surface area contributed by atoms with Gasteiger partial charge in [0.15, 0.2) is 0 Å². The normalized spacial score (nSPS) is 11.7. The van der Waals surface area contributed by atoms with Crippen molar-refractivity contribution in [3.8, 4) is 0 Å². The van der Waals surface area contributed by atoms with E-state index in [-0.39, 0.29) is 16.3 Å². The lowest BCUT2D eigenvalue weighted by Crippen LogP contribution is -2.24. The number of hydrogen-bond acceptors (Lipinski definition) is 5. The predicted octanol–water partition coefficient (Wildman–Crippen LogP) is 1.57. The average molecular weight is 378 g/mol. The maximum atomic E-state index is 12.2. The third kappa shape index (κ3) is 3.29. The number of benzene rings is 1. The molecular formula is C11H12BrN3O3S2. The molecule has 108 valence electrons. The van der Waals surface area contributed by atoms with Gasteiger partial charge in [0.05, 0.1) is 11.4 Å². The molecule has 1 heterocycles. The van der Waals surface area contributed by atoms with Gasteiger partial charge >= 0.3 is 4.87 Å². The molecule has 1 aromatic heterocycles. The predicted molar refractivity (Wildman–Crippen MR) is 82.3 cm³/mol. The summed E-state index contributed by atoms with van der Waals surface area (Å²) < 4.78 is 27.5. The zero-order valence-electron chi connectivity index (χ0n) is 10.4. The van der Waals surface area contributed by atoms with Gasteiger partial charge in [-0.15, -0.1) is 0 Å². The van der Waals surface area contributed by atoms with Crippen molar-refractivity contribution in [2.45, 2.75) is 18.4 Å². The number of nitrogens with two attached hydrogens (primary N) is 1. The number of aromatic amines is 1. The number of aryl methyl sites for hydroxylation is 1. The summed E-state index contributed by atoms with van der Waals surface area (Å²) in [7, 11) is -3.69. The Morgan fingerprint density at radius 3 is 2.75 bits per heavy atom. The Morgan fingerprint density at radius 1 is 1.45 bits per heavy atom. The molecule has 2 rings (SSSR count). The van der Waals surface area contributed by atoms with Crippen molar-refractivity contribution < 1.29 is 8.42 Å². The number of halogens is 1. The van der Waals surface area contributed by atoms with Crippen LogP contribution < -0.4 is 15.3 Å². The summed E-state index contributed by atoms with van der Waals surface area (Å²) in [6, 6.07) is 3.05. The molecule has 0 unspecified atom stereocenters. The van der Waals surface area contributed by atoms with Gasteiger partial charge in [0.1, 0.15) is 0 Å². The van der Waals surface area contributed by atoms with Gasteiger partial charge in [-0.1, -0.05) is 11.3 Å². The molecule has 0 saturated carbocycles. The molecule has 0 bridgehead atoms. The van der Waals surface area contributed by atoms with Gasteiger partial charge < -0.3 is 10.7 Å². The highest BCUT2D eigenvalue weighted by Gasteiger charge is 2.18. The van der Waals surface area contributed by atoms with Crippen molar-refractivity contribution in [2.24, 2.45) is 0 Å². The number of aromatic nitrogens is 1. The lowest BCUT2D eigenvalue weighted by atomic mass is 10.2. The lowest BCUT2D eigenvalue weighted by Gasteiger charge is -2.10. The van der Waals surface area contributed by atoms with E-state index in [0.717, 1.165) is 11.3 Å². The van der Waals surface area contributed by atoms with Crippen molar-refractivity contribution in [2.75, 3.05) is 5.73 Å². The molecular weight excluding hydrogens is 366 g/mol. The van der Waals surface area contributed by atoms with E-state index in [9.17, 15) is 13.2 Å². The Kier molecular flexibility index (Phi) is 4.33. The molecule has 0 aliphatic carbocycles. The Labute approximate surface area is 128 Å². The quantitative estimate of drug-likeness (QED) is 0.703. The summed E-state index contributed by atoms with van der Waals surface area (Å²) >= 11 is 4.23. The number of anilines is 1. The van der Waals surface area contributed by atoms with Crippen LogP contribution in [0.25, 0.3) is 0 Å². The molecule has 2 aromatic rings. The smallest absolute Gasteiger partial charge is 0.304 e. The maximum absolute atomic E-state index is 12.2. The fourth-order valence-corrected chi connectivity index (χ4v) is 3.91. The Balaban J connectivity index is 2.26. The molecule has 0 amide bonds. The molecule has 0 aliphatic rings. The first kappa shape index (κ1) is 15.2. The summed E-state index contributed by atoms with van der Waals surface area (Å²) in [4.78, 5) is 13.4. The second-order valence-corrected chi connectivity index (χ2v) is 7.57. The van der Waals surface area contributed by atoms with Gasteiger partial charge in [0, 0.05) is 21.2 Å². The second-order valence-electron chi connectivity index (χ2n) is 4.14. The van der Waals surface area contributed by atoms with Crippen molar-refractivity contribution in [3.05, 3.63) is 42.9 Å². The van der Waals surface area contributed by atoms with Crippen LogP contribution >= 0.6 is 27.3 Å². The summed E-state index contributed by atoms with van der Waals surface area (Å²) in [5.41, 5.74) is 7.16. The zero-order valence-corrected chi connectivity index (χ0v) is 13.7. The van der Waals surface area contributed by atoms with Crippen LogP contribution in [0.4, 0.5) is 5.69 Å². The van der Waals surface area contributed by atoms with Crippen LogP contribution in [0.15, 0.2) is 31.7 Å². The van der Waals surface area contributed by atoms with E-state index in [2.05, 4.69) is 25.6 Å². The summed E-state index contributed by atoms with van der Waals surface area (Å²) in [5.74, 6) is 0. The molecule has 1 aromatic carbocycles. The maximum Gasteiger partial charge on any atom is 0.304 e. The van der Waals surface area contributed by atoms with Crippen LogP contribution in [0.1, 0.15) is 11.3 Å². The van der Waals surface area contributed by atoms with E-state index in [0.29, 0.717) is 21.4 Å². The number of sulfonamides is 1. The summed E-state index contributed by atoms with van der Waals surface area (Å²) in [5, 5.41) is 1.58. The van der Waals surface area contributed by atoms with Crippen LogP contribution in [0.3, 0.4) is 0 Å². The highest BCUT2D eigenvalue weighted by atomic mass is 79.9.